The molecule has 0 heterocycles. The van der Waals surface area contributed by atoms with Gasteiger partial charge in [-0.15, -0.1) is 5.73 Å². The number of carboxylic acid groups (broad SMARTS) is 1. The second-order valence-electron chi connectivity index (χ2n) is 4.44. The van der Waals surface area contributed by atoms with Crippen molar-refractivity contribution in [2.24, 2.45) is 0 Å². The first-order chi connectivity index (χ1) is 12.0. The SMILES string of the molecule is C=CC=C=CC(=C)S/C=C/CC=C(C=C)C(=O)CCCC(=O)O.CC. The molecule has 1 N–H and O–H groups in total. The Bertz CT molecular complexity index is 574. The van der Waals surface area contributed by atoms with E-state index in [0.717, 1.165) is 4.91 Å². The number of thioether (sulfide) groups is 1. The van der Waals surface area contributed by atoms with Crippen molar-refractivity contribution in [1.82, 2.24) is 0 Å². The van der Waals surface area contributed by atoms with Crippen molar-refractivity contribution in [3.63, 3.8) is 0 Å². The van der Waals surface area contributed by atoms with Gasteiger partial charge in [-0.2, -0.15) is 0 Å². The van der Waals surface area contributed by atoms with E-state index in [0.29, 0.717) is 18.4 Å². The minimum absolute atomic E-state index is 0.00261. The topological polar surface area (TPSA) is 54.4 Å². The highest BCUT2D eigenvalue weighted by molar-refractivity contribution is 8.06. The summed E-state index contributed by atoms with van der Waals surface area (Å²) in [7, 11) is 0. The third-order valence-electron chi connectivity index (χ3n) is 2.58. The molecule has 0 unspecified atom stereocenters. The third-order valence-corrected chi connectivity index (χ3v) is 3.33. The zero-order valence-corrected chi connectivity index (χ0v) is 16.0. The molecule has 136 valence electrons. The van der Waals surface area contributed by atoms with Crippen molar-refractivity contribution in [1.29, 1.82) is 0 Å². The van der Waals surface area contributed by atoms with E-state index in [9.17, 15) is 9.59 Å². The number of Topliss-reactive ketones (excluding diaryl/α,β-unsaturated/α-hetero) is 1. The number of carbonyl (C=O) groups is 2. The van der Waals surface area contributed by atoms with Gasteiger partial charge in [0.1, 0.15) is 0 Å². The van der Waals surface area contributed by atoms with Crippen LogP contribution in [0.1, 0.15) is 39.5 Å². The molecule has 0 rings (SSSR count). The van der Waals surface area contributed by atoms with Gasteiger partial charge in [0, 0.05) is 23.3 Å². The first kappa shape index (κ1) is 25.0. The number of rotatable bonds is 12. The van der Waals surface area contributed by atoms with E-state index in [1.54, 1.807) is 24.3 Å². The Labute approximate surface area is 155 Å². The lowest BCUT2D eigenvalue weighted by molar-refractivity contribution is -0.137. The molecule has 0 aromatic rings. The molecular weight excluding hydrogens is 332 g/mol. The normalized spacial score (nSPS) is 10.1. The van der Waals surface area contributed by atoms with Crippen LogP contribution in [0.15, 0.2) is 77.8 Å². The van der Waals surface area contributed by atoms with Gasteiger partial charge in [0.25, 0.3) is 0 Å². The monoisotopic (exact) mass is 360 g/mol. The van der Waals surface area contributed by atoms with E-state index in [1.807, 2.05) is 25.3 Å². The maximum Gasteiger partial charge on any atom is 0.303 e. The van der Waals surface area contributed by atoms with Crippen LogP contribution in [0.4, 0.5) is 0 Å². The van der Waals surface area contributed by atoms with Crippen molar-refractivity contribution < 1.29 is 14.7 Å². The summed E-state index contributed by atoms with van der Waals surface area (Å²) in [5.74, 6) is -0.969. The zero-order valence-electron chi connectivity index (χ0n) is 15.2. The highest BCUT2D eigenvalue weighted by atomic mass is 32.2. The smallest absolute Gasteiger partial charge is 0.303 e. The first-order valence-electron chi connectivity index (χ1n) is 8.13. The Kier molecular flexibility index (Phi) is 18.0. The third kappa shape index (κ3) is 16.4. The molecule has 0 saturated carbocycles. The summed E-state index contributed by atoms with van der Waals surface area (Å²) in [5, 5.41) is 10.4. The fraction of sp³-hybridized carbons (Fsp3) is 0.286. The van der Waals surface area contributed by atoms with Crippen LogP contribution < -0.4 is 0 Å². The van der Waals surface area contributed by atoms with Gasteiger partial charge < -0.3 is 5.11 Å². The van der Waals surface area contributed by atoms with Gasteiger partial charge in [-0.3, -0.25) is 9.59 Å². The van der Waals surface area contributed by atoms with Crippen molar-refractivity contribution in [3.8, 4) is 0 Å². The van der Waals surface area contributed by atoms with Gasteiger partial charge in [0.15, 0.2) is 5.78 Å². The van der Waals surface area contributed by atoms with Crippen LogP contribution in [-0.2, 0) is 9.59 Å². The minimum Gasteiger partial charge on any atom is -0.481 e. The Balaban J connectivity index is 0. The Hall–Kier alpha value is -2.29. The quantitative estimate of drug-likeness (QED) is 0.263. The van der Waals surface area contributed by atoms with E-state index in [2.05, 4.69) is 25.5 Å². The van der Waals surface area contributed by atoms with Crippen molar-refractivity contribution >= 4 is 23.5 Å². The van der Waals surface area contributed by atoms with Crippen molar-refractivity contribution in [2.45, 2.75) is 39.5 Å². The number of ketones is 1. The van der Waals surface area contributed by atoms with E-state index >= 15 is 0 Å². The molecule has 0 saturated heterocycles. The summed E-state index contributed by atoms with van der Waals surface area (Å²) in [6.45, 7) is 15.0. The van der Waals surface area contributed by atoms with Crippen LogP contribution in [0.3, 0.4) is 0 Å². The number of hydrogen-bond acceptors (Lipinski definition) is 3. The molecule has 0 aromatic heterocycles. The zero-order chi connectivity index (χ0) is 19.5. The molecule has 0 radical (unpaired) electrons. The number of aliphatic carboxylic acids is 1. The molecule has 0 aliphatic carbocycles. The number of allylic oxidation sites excluding steroid dienone is 6. The number of carbonyl (C=O) groups excluding carboxylic acids is 1. The Morgan fingerprint density at radius 1 is 1.20 bits per heavy atom. The largest absolute Gasteiger partial charge is 0.481 e. The van der Waals surface area contributed by atoms with Gasteiger partial charge in [0.05, 0.1) is 0 Å². The molecule has 0 fully saturated rings. The van der Waals surface area contributed by atoms with E-state index in [-0.39, 0.29) is 18.6 Å². The lowest BCUT2D eigenvalue weighted by Crippen LogP contribution is -2.02. The standard InChI is InChI=1S/C19H22O3S.C2H6/c1-4-6-7-11-16(3)23-15-9-8-12-17(5-2)18(20)13-10-14-19(21)22;1-2/h4-6,9,11-12,15H,1-3,8,10,13-14H2,(H,21,22);1-2H3/b15-9+,17-12?;. The van der Waals surface area contributed by atoms with Gasteiger partial charge >= 0.3 is 5.97 Å². The average molecular weight is 361 g/mol. The van der Waals surface area contributed by atoms with E-state index in [4.69, 9.17) is 5.11 Å². The van der Waals surface area contributed by atoms with Crippen LogP contribution in [0.5, 0.6) is 0 Å². The molecule has 25 heavy (non-hydrogen) atoms. The average Bonchev–Trinajstić information content (AvgIpc) is 2.59. The second-order valence-corrected chi connectivity index (χ2v) is 5.47. The van der Waals surface area contributed by atoms with Gasteiger partial charge in [-0.25, -0.2) is 0 Å². The predicted molar refractivity (Wildman–Crippen MR) is 109 cm³/mol. The molecule has 0 aliphatic heterocycles. The van der Waals surface area contributed by atoms with Crippen LogP contribution in [0.25, 0.3) is 0 Å². The van der Waals surface area contributed by atoms with Crippen molar-refractivity contribution in [2.75, 3.05) is 0 Å². The van der Waals surface area contributed by atoms with Crippen LogP contribution in [0, 0.1) is 0 Å². The first-order valence-corrected chi connectivity index (χ1v) is 9.01. The summed E-state index contributed by atoms with van der Waals surface area (Å²) in [6.07, 6.45) is 11.5. The molecule has 0 atom stereocenters. The predicted octanol–water partition coefficient (Wildman–Crippen LogP) is 6.00. The molecular formula is C21H28O3S. The molecule has 3 nitrogen and oxygen atoms in total. The Morgan fingerprint density at radius 2 is 1.88 bits per heavy atom. The fourth-order valence-electron chi connectivity index (χ4n) is 1.48. The van der Waals surface area contributed by atoms with Gasteiger partial charge in [-0.1, -0.05) is 69.7 Å². The van der Waals surface area contributed by atoms with Crippen LogP contribution >= 0.6 is 11.8 Å². The maximum absolute atomic E-state index is 11.9. The van der Waals surface area contributed by atoms with E-state index < -0.39 is 5.97 Å². The maximum atomic E-state index is 11.9. The molecule has 0 bridgehead atoms. The highest BCUT2D eigenvalue weighted by Gasteiger charge is 2.06. The molecule has 0 aliphatic rings. The summed E-state index contributed by atoms with van der Waals surface area (Å²) in [4.78, 5) is 23.1. The Morgan fingerprint density at radius 3 is 2.44 bits per heavy atom. The van der Waals surface area contributed by atoms with Gasteiger partial charge in [0.2, 0.25) is 0 Å². The molecule has 0 aromatic carbocycles. The van der Waals surface area contributed by atoms with Crippen LogP contribution in [-0.4, -0.2) is 16.9 Å². The number of carboxylic acids is 1. The lowest BCUT2D eigenvalue weighted by atomic mass is 10.0. The number of hydrogen-bond donors (Lipinski definition) is 1. The summed E-state index contributed by atoms with van der Waals surface area (Å²) < 4.78 is 0. The summed E-state index contributed by atoms with van der Waals surface area (Å²) >= 11 is 1.46. The van der Waals surface area contributed by atoms with Gasteiger partial charge in [-0.05, 0) is 30.4 Å². The highest BCUT2D eigenvalue weighted by Crippen LogP contribution is 2.16. The molecule has 4 heteroatoms. The van der Waals surface area contributed by atoms with E-state index in [1.165, 1.54) is 17.8 Å². The summed E-state index contributed by atoms with van der Waals surface area (Å²) in [6, 6.07) is 0. The summed E-state index contributed by atoms with van der Waals surface area (Å²) in [5.41, 5.74) is 3.44. The van der Waals surface area contributed by atoms with Crippen molar-refractivity contribution in [3.05, 3.63) is 77.8 Å². The molecule has 0 spiro atoms. The molecule has 0 amide bonds. The van der Waals surface area contributed by atoms with Crippen LogP contribution in [0.2, 0.25) is 0 Å². The second kappa shape index (κ2) is 18.1. The fourth-order valence-corrected chi connectivity index (χ4v) is 2.00. The minimum atomic E-state index is -0.890. The lowest BCUT2D eigenvalue weighted by Gasteiger charge is -2.00.